The molecule has 0 heterocycles. The quantitative estimate of drug-likeness (QED) is 0.0832. The topological polar surface area (TPSA) is 85.2 Å². The zero-order valence-electron chi connectivity index (χ0n) is 21.7. The van der Waals surface area contributed by atoms with Crippen LogP contribution in [0.2, 0.25) is 0 Å². The second-order valence-electron chi connectivity index (χ2n) is 9.12. The Morgan fingerprint density at radius 2 is 1.71 bits per heavy atom. The first-order valence-electron chi connectivity index (χ1n) is 13.5. The van der Waals surface area contributed by atoms with Gasteiger partial charge in [0.1, 0.15) is 19.5 Å². The van der Waals surface area contributed by atoms with E-state index in [9.17, 15) is 15.0 Å². The summed E-state index contributed by atoms with van der Waals surface area (Å²) in [6, 6.07) is 9.76. The van der Waals surface area contributed by atoms with E-state index in [-0.39, 0.29) is 32.1 Å². The van der Waals surface area contributed by atoms with Gasteiger partial charge >= 0.3 is 5.97 Å². The second-order valence-corrected chi connectivity index (χ2v) is 9.12. The number of rotatable bonds is 23. The lowest BCUT2D eigenvalue weighted by atomic mass is 10.1. The van der Waals surface area contributed by atoms with E-state index in [1.807, 2.05) is 30.3 Å². The van der Waals surface area contributed by atoms with Gasteiger partial charge in [-0.05, 0) is 37.7 Å². The van der Waals surface area contributed by atoms with Gasteiger partial charge in [0, 0.05) is 6.42 Å². The molecule has 0 amide bonds. The lowest BCUT2D eigenvalue weighted by molar-refractivity contribution is -0.157. The van der Waals surface area contributed by atoms with Crippen molar-refractivity contribution in [3.63, 3.8) is 0 Å². The molecule has 2 N–H and O–H groups in total. The molecule has 0 unspecified atom stereocenters. The number of ether oxygens (including phenoxy) is 3. The van der Waals surface area contributed by atoms with Crippen molar-refractivity contribution in [2.45, 2.75) is 109 Å². The molecule has 0 aliphatic heterocycles. The maximum absolute atomic E-state index is 11.9. The zero-order valence-corrected chi connectivity index (χ0v) is 21.7. The van der Waals surface area contributed by atoms with E-state index in [0.29, 0.717) is 13.0 Å². The zero-order chi connectivity index (χ0) is 25.4. The normalized spacial score (nSPS) is 13.2. The van der Waals surface area contributed by atoms with Crippen molar-refractivity contribution in [2.24, 2.45) is 0 Å². The number of aliphatic hydroxyl groups excluding tert-OH is 2. The molecule has 1 rings (SSSR count). The average molecular weight is 493 g/mol. The fourth-order valence-electron chi connectivity index (χ4n) is 3.65. The van der Waals surface area contributed by atoms with E-state index in [4.69, 9.17) is 14.2 Å². The van der Waals surface area contributed by atoms with E-state index in [2.05, 4.69) is 19.1 Å². The van der Waals surface area contributed by atoms with Gasteiger partial charge in [-0.2, -0.15) is 0 Å². The third-order valence-corrected chi connectivity index (χ3v) is 5.85. The average Bonchev–Trinajstić information content (AvgIpc) is 2.88. The summed E-state index contributed by atoms with van der Waals surface area (Å²) >= 11 is 0. The van der Waals surface area contributed by atoms with Gasteiger partial charge in [0.25, 0.3) is 0 Å². The highest BCUT2D eigenvalue weighted by Gasteiger charge is 2.12. The van der Waals surface area contributed by atoms with Crippen molar-refractivity contribution in [3.8, 4) is 0 Å². The summed E-state index contributed by atoms with van der Waals surface area (Å²) in [4.78, 5) is 11.9. The van der Waals surface area contributed by atoms with Crippen LogP contribution in [0.5, 0.6) is 0 Å². The van der Waals surface area contributed by atoms with Crippen LogP contribution < -0.4 is 0 Å². The number of benzene rings is 1. The van der Waals surface area contributed by atoms with E-state index in [0.717, 1.165) is 63.4 Å². The summed E-state index contributed by atoms with van der Waals surface area (Å²) in [5.41, 5.74) is 1.04. The van der Waals surface area contributed by atoms with Crippen LogP contribution in [0, 0.1) is 0 Å². The van der Waals surface area contributed by atoms with Gasteiger partial charge in [-0.25, -0.2) is 0 Å². The molecule has 0 aliphatic carbocycles. The molecule has 200 valence electrons. The Kier molecular flexibility index (Phi) is 20.3. The number of hydrogen-bond acceptors (Lipinski definition) is 6. The first-order chi connectivity index (χ1) is 17.2. The number of carbonyl (C=O) groups is 1. The summed E-state index contributed by atoms with van der Waals surface area (Å²) in [6.07, 6.45) is 16.6. The van der Waals surface area contributed by atoms with Crippen LogP contribution in [0.25, 0.3) is 0 Å². The minimum absolute atomic E-state index is 0.0315. The van der Waals surface area contributed by atoms with Gasteiger partial charge in [-0.3, -0.25) is 4.79 Å². The standard InChI is InChI=1S/C29H48O6/c1-2-3-4-14-19-27(31)20-15-9-7-5-6-8-10-16-21-29(32)34-24-28(22-30)35-25-33-23-26-17-12-11-13-18-26/h9,11-13,15,17-18,27-28,30-31H,2-8,10,14,16,19-25H2,1H3/b15-9-/t27-,28-/m1/s1. The predicted molar refractivity (Wildman–Crippen MR) is 140 cm³/mol. The van der Waals surface area contributed by atoms with Crippen LogP contribution in [0.15, 0.2) is 42.5 Å². The fraction of sp³-hybridized carbons (Fsp3) is 0.690. The molecule has 1 aromatic rings. The minimum atomic E-state index is -0.579. The van der Waals surface area contributed by atoms with Gasteiger partial charge < -0.3 is 24.4 Å². The van der Waals surface area contributed by atoms with E-state index < -0.39 is 6.10 Å². The number of carbonyl (C=O) groups excluding carboxylic acids is 1. The first-order valence-corrected chi connectivity index (χ1v) is 13.5. The van der Waals surface area contributed by atoms with E-state index in [1.54, 1.807) is 0 Å². The molecular formula is C29H48O6. The molecule has 0 radical (unpaired) electrons. The largest absolute Gasteiger partial charge is 0.463 e. The lowest BCUT2D eigenvalue weighted by Crippen LogP contribution is -2.26. The molecule has 0 fully saturated rings. The Morgan fingerprint density at radius 1 is 0.971 bits per heavy atom. The summed E-state index contributed by atoms with van der Waals surface area (Å²) < 4.78 is 16.1. The van der Waals surface area contributed by atoms with Crippen molar-refractivity contribution >= 4 is 5.97 Å². The van der Waals surface area contributed by atoms with Crippen LogP contribution in [0.3, 0.4) is 0 Å². The molecule has 6 nitrogen and oxygen atoms in total. The van der Waals surface area contributed by atoms with Crippen molar-refractivity contribution in [1.82, 2.24) is 0 Å². The second kappa shape index (κ2) is 22.7. The third kappa shape index (κ3) is 19.2. The molecular weight excluding hydrogens is 444 g/mol. The van der Waals surface area contributed by atoms with Crippen LogP contribution in [-0.2, 0) is 25.6 Å². The van der Waals surface area contributed by atoms with Crippen LogP contribution in [0.4, 0.5) is 0 Å². The number of aliphatic hydroxyl groups is 2. The number of hydrogen-bond donors (Lipinski definition) is 2. The van der Waals surface area contributed by atoms with Gasteiger partial charge in [0.05, 0.1) is 19.3 Å². The monoisotopic (exact) mass is 492 g/mol. The van der Waals surface area contributed by atoms with E-state index >= 15 is 0 Å². The van der Waals surface area contributed by atoms with Gasteiger partial charge in [0.15, 0.2) is 0 Å². The first kappa shape index (κ1) is 31.3. The maximum Gasteiger partial charge on any atom is 0.305 e. The summed E-state index contributed by atoms with van der Waals surface area (Å²) in [7, 11) is 0. The summed E-state index contributed by atoms with van der Waals surface area (Å²) in [5.74, 6) is -0.256. The predicted octanol–water partition coefficient (Wildman–Crippen LogP) is 6.09. The van der Waals surface area contributed by atoms with Crippen molar-refractivity contribution in [3.05, 3.63) is 48.0 Å². The molecule has 1 aromatic carbocycles. The van der Waals surface area contributed by atoms with Crippen LogP contribution in [0.1, 0.15) is 96.0 Å². The molecule has 35 heavy (non-hydrogen) atoms. The van der Waals surface area contributed by atoms with Crippen molar-refractivity contribution in [1.29, 1.82) is 0 Å². The molecule has 0 saturated heterocycles. The van der Waals surface area contributed by atoms with Crippen molar-refractivity contribution < 1.29 is 29.2 Å². The lowest BCUT2D eigenvalue weighted by Gasteiger charge is -2.15. The smallest absolute Gasteiger partial charge is 0.305 e. The Balaban J connectivity index is 1.93. The van der Waals surface area contributed by atoms with Crippen LogP contribution in [-0.4, -0.2) is 48.4 Å². The number of unbranched alkanes of at least 4 members (excludes halogenated alkanes) is 8. The SMILES string of the molecule is CCCCCC[C@@H](O)C/C=C\CCCCCCCC(=O)OC[C@@H](CO)OCOCc1ccccc1. The molecule has 0 aromatic heterocycles. The fourth-order valence-corrected chi connectivity index (χ4v) is 3.65. The molecule has 0 bridgehead atoms. The third-order valence-electron chi connectivity index (χ3n) is 5.85. The number of allylic oxidation sites excluding steroid dienone is 1. The maximum atomic E-state index is 11.9. The minimum Gasteiger partial charge on any atom is -0.463 e. The van der Waals surface area contributed by atoms with Crippen molar-refractivity contribution in [2.75, 3.05) is 20.0 Å². The summed E-state index contributed by atoms with van der Waals surface area (Å²) in [6.45, 7) is 2.47. The van der Waals surface area contributed by atoms with Crippen LogP contribution >= 0.6 is 0 Å². The van der Waals surface area contributed by atoms with E-state index in [1.165, 1.54) is 19.3 Å². The Labute approximate surface area is 212 Å². The van der Waals surface area contributed by atoms with Gasteiger partial charge in [0.2, 0.25) is 0 Å². The Hall–Kier alpha value is -1.73. The number of esters is 1. The molecule has 0 saturated carbocycles. The molecule has 6 heteroatoms. The molecule has 2 atom stereocenters. The van der Waals surface area contributed by atoms with Gasteiger partial charge in [-0.15, -0.1) is 0 Å². The molecule has 0 aliphatic rings. The molecule has 0 spiro atoms. The summed E-state index contributed by atoms with van der Waals surface area (Å²) in [5, 5.41) is 19.3. The highest BCUT2D eigenvalue weighted by Crippen LogP contribution is 2.11. The Bertz CT molecular complexity index is 633. The Morgan fingerprint density at radius 3 is 2.49 bits per heavy atom. The highest BCUT2D eigenvalue weighted by molar-refractivity contribution is 5.69. The van der Waals surface area contributed by atoms with Gasteiger partial charge in [-0.1, -0.05) is 94.4 Å². The highest BCUT2D eigenvalue weighted by atomic mass is 16.7.